The maximum atomic E-state index is 13.9. The zero-order valence-corrected chi connectivity index (χ0v) is 25.5. The molecule has 2 amide bonds. The highest BCUT2D eigenvalue weighted by molar-refractivity contribution is 9.10. The van der Waals surface area contributed by atoms with E-state index in [0.717, 1.165) is 30.3 Å². The minimum atomic E-state index is -4.67. The zero-order chi connectivity index (χ0) is 31.7. The van der Waals surface area contributed by atoms with Gasteiger partial charge in [0.15, 0.2) is 0 Å². The highest BCUT2D eigenvalue weighted by Crippen LogP contribution is 2.41. The monoisotopic (exact) mass is 726 g/mol. The van der Waals surface area contributed by atoms with Crippen molar-refractivity contribution in [3.63, 3.8) is 0 Å². The van der Waals surface area contributed by atoms with Crippen molar-refractivity contribution < 1.29 is 35.9 Å². The highest BCUT2D eigenvalue weighted by Gasteiger charge is 2.51. The molecule has 4 nitrogen and oxygen atoms in total. The Bertz CT molecular complexity index is 1570. The Morgan fingerprint density at radius 1 is 0.953 bits per heavy atom. The van der Waals surface area contributed by atoms with Crippen LogP contribution in [-0.2, 0) is 17.5 Å². The molecule has 4 rings (SSSR count). The second-order valence-electron chi connectivity index (χ2n) is 9.83. The Hall–Kier alpha value is -2.73. The largest absolute Gasteiger partial charge is 0.416 e. The van der Waals surface area contributed by atoms with Crippen molar-refractivity contribution in [1.29, 1.82) is 0 Å². The Labute approximate surface area is 265 Å². The van der Waals surface area contributed by atoms with Gasteiger partial charge in [0.25, 0.3) is 5.91 Å². The van der Waals surface area contributed by atoms with Crippen molar-refractivity contribution >= 4 is 68.6 Å². The normalized spacial score (nSPS) is 15.3. The quantitative estimate of drug-likeness (QED) is 0.180. The van der Waals surface area contributed by atoms with Crippen molar-refractivity contribution in [2.45, 2.75) is 43.2 Å². The topological polar surface area (TPSA) is 58.2 Å². The van der Waals surface area contributed by atoms with E-state index in [2.05, 4.69) is 26.6 Å². The standard InChI is InChI=1S/C29H20BrCl3F6N2O2/c30-21-11-15(5-7-20(29(37,38)39)17-12-22(31)24(33)23(32)13-17)4-6-19(21)25(42)41-27(8-9-27)26(43)40-14-16-2-1-3-18(10-16)28(34,35)36/h1-7,10-13,20H,8-9,14H2,(H,40,43)(H,41,42)/b7-5+. The van der Waals surface area contributed by atoms with E-state index in [1.807, 2.05) is 0 Å². The van der Waals surface area contributed by atoms with Gasteiger partial charge in [-0.05, 0) is 81.9 Å². The van der Waals surface area contributed by atoms with Gasteiger partial charge in [0, 0.05) is 11.0 Å². The lowest BCUT2D eigenvalue weighted by atomic mass is 9.97. The molecule has 0 aliphatic heterocycles. The molecule has 1 fully saturated rings. The summed E-state index contributed by atoms with van der Waals surface area (Å²) in [6.07, 6.45) is -6.40. The average Bonchev–Trinajstić information content (AvgIpc) is 3.70. The van der Waals surface area contributed by atoms with E-state index in [-0.39, 0.29) is 42.8 Å². The molecule has 1 aliphatic rings. The fraction of sp³-hybridized carbons (Fsp3) is 0.241. The molecule has 2 N–H and O–H groups in total. The molecular formula is C29H20BrCl3F6N2O2. The molecule has 1 unspecified atom stereocenters. The van der Waals surface area contributed by atoms with Gasteiger partial charge in [-0.25, -0.2) is 0 Å². The molecule has 14 heteroatoms. The van der Waals surface area contributed by atoms with E-state index in [9.17, 15) is 35.9 Å². The predicted molar refractivity (Wildman–Crippen MR) is 156 cm³/mol. The van der Waals surface area contributed by atoms with Crippen LogP contribution in [0.2, 0.25) is 15.1 Å². The van der Waals surface area contributed by atoms with Crippen molar-refractivity contribution in [1.82, 2.24) is 10.6 Å². The van der Waals surface area contributed by atoms with Crippen LogP contribution in [-0.4, -0.2) is 23.5 Å². The molecule has 0 aromatic heterocycles. The Morgan fingerprint density at radius 2 is 1.60 bits per heavy atom. The van der Waals surface area contributed by atoms with Gasteiger partial charge >= 0.3 is 12.4 Å². The van der Waals surface area contributed by atoms with Gasteiger partial charge in [-0.3, -0.25) is 9.59 Å². The highest BCUT2D eigenvalue weighted by atomic mass is 79.9. The van der Waals surface area contributed by atoms with Gasteiger partial charge in [-0.1, -0.05) is 65.2 Å². The summed E-state index contributed by atoms with van der Waals surface area (Å²) in [5.41, 5.74) is -1.57. The van der Waals surface area contributed by atoms with Gasteiger partial charge in [-0.2, -0.15) is 26.3 Å². The molecule has 1 aliphatic carbocycles. The Kier molecular flexibility index (Phi) is 9.80. The summed E-state index contributed by atoms with van der Waals surface area (Å²) in [6, 6.07) is 11.0. The number of rotatable bonds is 8. The molecule has 1 saturated carbocycles. The minimum absolute atomic E-state index is 0.0593. The van der Waals surface area contributed by atoms with Crippen LogP contribution in [0.5, 0.6) is 0 Å². The first kappa shape index (κ1) is 33.2. The number of carbonyl (C=O) groups excluding carboxylic acids is 2. The lowest BCUT2D eigenvalue weighted by Crippen LogP contribution is -2.48. The molecule has 0 heterocycles. The lowest BCUT2D eigenvalue weighted by Gasteiger charge is -2.19. The maximum absolute atomic E-state index is 13.9. The fourth-order valence-corrected chi connectivity index (χ4v) is 5.41. The molecule has 0 saturated heterocycles. The third-order valence-corrected chi connectivity index (χ3v) is 8.53. The van der Waals surface area contributed by atoms with Gasteiger partial charge in [0.05, 0.1) is 32.1 Å². The number of hydrogen-bond donors (Lipinski definition) is 2. The molecule has 3 aromatic rings. The summed E-state index contributed by atoms with van der Waals surface area (Å²) in [5.74, 6) is -3.21. The first-order valence-electron chi connectivity index (χ1n) is 12.5. The molecule has 43 heavy (non-hydrogen) atoms. The van der Waals surface area contributed by atoms with Gasteiger partial charge in [-0.15, -0.1) is 0 Å². The summed E-state index contributed by atoms with van der Waals surface area (Å²) in [7, 11) is 0. The van der Waals surface area contributed by atoms with Crippen LogP contribution >= 0.6 is 50.7 Å². The number of alkyl halides is 6. The average molecular weight is 729 g/mol. The number of carbonyl (C=O) groups is 2. The van der Waals surface area contributed by atoms with Crippen LogP contribution in [0.4, 0.5) is 26.3 Å². The van der Waals surface area contributed by atoms with Crippen LogP contribution in [0.3, 0.4) is 0 Å². The number of nitrogens with one attached hydrogen (secondary N) is 2. The first-order valence-corrected chi connectivity index (χ1v) is 14.4. The van der Waals surface area contributed by atoms with Crippen molar-refractivity contribution in [2.24, 2.45) is 0 Å². The third kappa shape index (κ3) is 8.06. The SMILES string of the molecule is O=C(NC1(C(=O)NCc2cccc(C(F)(F)F)c2)CC1)c1ccc(/C=C/C(c2cc(Cl)c(Cl)c(Cl)c2)C(F)(F)F)cc1Br. The van der Waals surface area contributed by atoms with E-state index >= 15 is 0 Å². The van der Waals surface area contributed by atoms with Crippen LogP contribution < -0.4 is 10.6 Å². The van der Waals surface area contributed by atoms with Crippen molar-refractivity contribution in [3.05, 3.63) is 108 Å². The summed E-state index contributed by atoms with van der Waals surface area (Å²) in [6.45, 7) is -0.168. The van der Waals surface area contributed by atoms with E-state index in [4.69, 9.17) is 34.8 Å². The molecule has 0 bridgehead atoms. The lowest BCUT2D eigenvalue weighted by molar-refractivity contribution is -0.139. The number of allylic oxidation sites excluding steroid dienone is 1. The first-order chi connectivity index (χ1) is 20.0. The summed E-state index contributed by atoms with van der Waals surface area (Å²) in [4.78, 5) is 25.8. The third-order valence-electron chi connectivity index (χ3n) is 6.68. The number of hydrogen-bond acceptors (Lipinski definition) is 2. The molecule has 0 spiro atoms. The van der Waals surface area contributed by atoms with Crippen LogP contribution in [0, 0.1) is 0 Å². The van der Waals surface area contributed by atoms with Crippen LogP contribution in [0.1, 0.15) is 51.4 Å². The number of benzene rings is 3. The second-order valence-corrected chi connectivity index (χ2v) is 11.9. The van der Waals surface area contributed by atoms with Crippen molar-refractivity contribution in [2.75, 3.05) is 0 Å². The summed E-state index contributed by atoms with van der Waals surface area (Å²) in [5, 5.41) is 4.92. The number of halogens is 10. The van der Waals surface area contributed by atoms with Crippen LogP contribution in [0.15, 0.2) is 65.1 Å². The van der Waals surface area contributed by atoms with E-state index in [1.54, 1.807) is 0 Å². The molecule has 228 valence electrons. The van der Waals surface area contributed by atoms with E-state index < -0.39 is 41.2 Å². The molecule has 3 aromatic carbocycles. The molecular weight excluding hydrogens is 709 g/mol. The molecule has 0 radical (unpaired) electrons. The van der Waals surface area contributed by atoms with Crippen LogP contribution in [0.25, 0.3) is 6.08 Å². The van der Waals surface area contributed by atoms with Gasteiger partial charge in [0.2, 0.25) is 5.91 Å². The molecule has 1 atom stereocenters. The fourth-order valence-electron chi connectivity index (χ4n) is 4.22. The van der Waals surface area contributed by atoms with E-state index in [1.165, 1.54) is 36.4 Å². The Morgan fingerprint density at radius 3 is 2.16 bits per heavy atom. The smallest absolute Gasteiger partial charge is 0.350 e. The van der Waals surface area contributed by atoms with Gasteiger partial charge in [0.1, 0.15) is 5.54 Å². The summed E-state index contributed by atoms with van der Waals surface area (Å²) < 4.78 is 80.7. The predicted octanol–water partition coefficient (Wildman–Crippen LogP) is 9.37. The number of amides is 2. The Balaban J connectivity index is 1.44. The minimum Gasteiger partial charge on any atom is -0.350 e. The van der Waals surface area contributed by atoms with Gasteiger partial charge < -0.3 is 10.6 Å². The summed E-state index contributed by atoms with van der Waals surface area (Å²) >= 11 is 21.0. The van der Waals surface area contributed by atoms with E-state index in [0.29, 0.717) is 18.4 Å². The second kappa shape index (κ2) is 12.7. The zero-order valence-electron chi connectivity index (χ0n) is 21.6. The van der Waals surface area contributed by atoms with Crippen molar-refractivity contribution in [3.8, 4) is 0 Å². The maximum Gasteiger partial charge on any atom is 0.416 e.